The number of amides is 1. The smallest absolute Gasteiger partial charge is 0.270 e. The van der Waals surface area contributed by atoms with Crippen molar-refractivity contribution in [3.63, 3.8) is 0 Å². The monoisotopic (exact) mass is 395 g/mol. The van der Waals surface area contributed by atoms with Crippen LogP contribution >= 0.6 is 15.9 Å². The van der Waals surface area contributed by atoms with Gasteiger partial charge in [0, 0.05) is 29.4 Å². The van der Waals surface area contributed by atoms with Crippen molar-refractivity contribution in [3.05, 3.63) is 75.9 Å². The summed E-state index contributed by atoms with van der Waals surface area (Å²) in [6.07, 6.45) is 3.39. The van der Waals surface area contributed by atoms with Gasteiger partial charge in [-0.1, -0.05) is 46.3 Å². The van der Waals surface area contributed by atoms with Gasteiger partial charge >= 0.3 is 0 Å². The first-order valence-corrected chi connectivity index (χ1v) is 8.96. The number of fused-ring (bicyclic) bond motifs is 1. The first-order chi connectivity index (χ1) is 12.2. The normalized spacial score (nSPS) is 13.8. The van der Waals surface area contributed by atoms with Gasteiger partial charge in [-0.3, -0.25) is 4.79 Å². The van der Waals surface area contributed by atoms with Crippen LogP contribution in [0.15, 0.2) is 64.8 Å². The molecule has 1 amide bonds. The molecule has 1 heterocycles. The van der Waals surface area contributed by atoms with Crippen LogP contribution in [0, 0.1) is 11.3 Å². The number of para-hydroxylation sites is 1. The van der Waals surface area contributed by atoms with E-state index in [0.717, 1.165) is 34.1 Å². The van der Waals surface area contributed by atoms with E-state index in [1.165, 1.54) is 6.20 Å². The van der Waals surface area contributed by atoms with Crippen LogP contribution in [0.3, 0.4) is 0 Å². The standard InChI is InChI=1S/C20H18BrN3O/c21-18-9-7-15(8-10-18)13-23-14-17(12-22)20(25)24-11-3-5-16-4-1-2-6-19(16)24/h1-2,4,6-10,14,23H,3,5,11,13H2/b17-14-. The lowest BCUT2D eigenvalue weighted by molar-refractivity contribution is -0.114. The summed E-state index contributed by atoms with van der Waals surface area (Å²) in [5.41, 5.74) is 3.26. The van der Waals surface area contributed by atoms with Crippen molar-refractivity contribution in [1.29, 1.82) is 5.26 Å². The molecule has 4 nitrogen and oxygen atoms in total. The summed E-state index contributed by atoms with van der Waals surface area (Å²) < 4.78 is 1.02. The summed E-state index contributed by atoms with van der Waals surface area (Å²) in [4.78, 5) is 14.5. The molecule has 126 valence electrons. The number of carbonyl (C=O) groups is 1. The molecule has 0 aliphatic carbocycles. The van der Waals surface area contributed by atoms with E-state index >= 15 is 0 Å². The maximum atomic E-state index is 12.8. The topological polar surface area (TPSA) is 56.1 Å². The number of rotatable bonds is 4. The third-order valence-electron chi connectivity index (χ3n) is 4.17. The molecule has 0 radical (unpaired) electrons. The average molecular weight is 396 g/mol. The number of hydrogen-bond acceptors (Lipinski definition) is 3. The van der Waals surface area contributed by atoms with E-state index in [-0.39, 0.29) is 11.5 Å². The van der Waals surface area contributed by atoms with Gasteiger partial charge in [0.1, 0.15) is 11.6 Å². The molecule has 1 aliphatic rings. The van der Waals surface area contributed by atoms with E-state index in [1.54, 1.807) is 4.90 Å². The molecule has 1 aliphatic heterocycles. The largest absolute Gasteiger partial charge is 0.386 e. The first kappa shape index (κ1) is 17.2. The summed E-state index contributed by atoms with van der Waals surface area (Å²) >= 11 is 3.40. The molecule has 0 saturated carbocycles. The van der Waals surface area contributed by atoms with Crippen LogP contribution in [-0.2, 0) is 17.8 Å². The molecule has 2 aromatic carbocycles. The fraction of sp³-hybridized carbons (Fsp3) is 0.200. The van der Waals surface area contributed by atoms with Crippen LogP contribution in [0.2, 0.25) is 0 Å². The Kier molecular flexibility index (Phi) is 5.52. The van der Waals surface area contributed by atoms with E-state index < -0.39 is 0 Å². The SMILES string of the molecule is N#C/C(=C/NCc1ccc(Br)cc1)C(=O)N1CCCc2ccccc21. The van der Waals surface area contributed by atoms with Gasteiger partial charge in [0.05, 0.1) is 0 Å². The van der Waals surface area contributed by atoms with Crippen LogP contribution in [-0.4, -0.2) is 12.5 Å². The Hall–Kier alpha value is -2.58. The quantitative estimate of drug-likeness (QED) is 0.630. The zero-order chi connectivity index (χ0) is 17.6. The fourth-order valence-corrected chi connectivity index (χ4v) is 3.17. The second kappa shape index (κ2) is 8.00. The molecule has 0 aromatic heterocycles. The number of halogens is 1. The molecule has 5 heteroatoms. The van der Waals surface area contributed by atoms with Gasteiger partial charge in [-0.2, -0.15) is 5.26 Å². The highest BCUT2D eigenvalue weighted by Gasteiger charge is 2.24. The van der Waals surface area contributed by atoms with Crippen molar-refractivity contribution in [2.45, 2.75) is 19.4 Å². The van der Waals surface area contributed by atoms with Crippen molar-refractivity contribution in [3.8, 4) is 6.07 Å². The molecule has 0 saturated heterocycles. The van der Waals surface area contributed by atoms with Crippen LogP contribution in [0.1, 0.15) is 17.5 Å². The van der Waals surface area contributed by atoms with Crippen molar-refractivity contribution in [2.24, 2.45) is 0 Å². The van der Waals surface area contributed by atoms with E-state index in [9.17, 15) is 10.1 Å². The number of aryl methyl sites for hydroxylation is 1. The van der Waals surface area contributed by atoms with Crippen LogP contribution in [0.5, 0.6) is 0 Å². The highest BCUT2D eigenvalue weighted by molar-refractivity contribution is 9.10. The Morgan fingerprint density at radius 3 is 2.76 bits per heavy atom. The van der Waals surface area contributed by atoms with Crippen molar-refractivity contribution in [2.75, 3.05) is 11.4 Å². The number of anilines is 1. The minimum absolute atomic E-state index is 0.119. The third kappa shape index (κ3) is 4.09. The van der Waals surface area contributed by atoms with Gasteiger partial charge in [0.15, 0.2) is 0 Å². The van der Waals surface area contributed by atoms with E-state index in [0.29, 0.717) is 13.1 Å². The number of nitriles is 1. The number of nitrogens with zero attached hydrogens (tertiary/aromatic N) is 2. The van der Waals surface area contributed by atoms with Gasteiger partial charge in [-0.05, 0) is 42.2 Å². The highest BCUT2D eigenvalue weighted by Crippen LogP contribution is 2.27. The molecular formula is C20H18BrN3O. The fourth-order valence-electron chi connectivity index (χ4n) is 2.91. The Labute approximate surface area is 155 Å². The highest BCUT2D eigenvalue weighted by atomic mass is 79.9. The second-order valence-corrected chi connectivity index (χ2v) is 6.78. The summed E-state index contributed by atoms with van der Waals surface area (Å²) in [6, 6.07) is 17.8. The predicted molar refractivity (Wildman–Crippen MR) is 102 cm³/mol. The second-order valence-electron chi connectivity index (χ2n) is 5.87. The Morgan fingerprint density at radius 2 is 2.00 bits per heavy atom. The molecule has 0 unspecified atom stereocenters. The van der Waals surface area contributed by atoms with Crippen LogP contribution < -0.4 is 10.2 Å². The molecule has 0 spiro atoms. The minimum Gasteiger partial charge on any atom is -0.386 e. The van der Waals surface area contributed by atoms with Gasteiger partial charge < -0.3 is 10.2 Å². The Morgan fingerprint density at radius 1 is 1.24 bits per heavy atom. The van der Waals surface area contributed by atoms with Gasteiger partial charge in [-0.15, -0.1) is 0 Å². The Balaban J connectivity index is 1.71. The number of benzene rings is 2. The lowest BCUT2D eigenvalue weighted by Gasteiger charge is -2.29. The predicted octanol–water partition coefficient (Wildman–Crippen LogP) is 3.93. The van der Waals surface area contributed by atoms with Gasteiger partial charge in [0.25, 0.3) is 5.91 Å². The van der Waals surface area contributed by atoms with E-state index in [2.05, 4.69) is 21.2 Å². The molecule has 0 atom stereocenters. The lowest BCUT2D eigenvalue weighted by atomic mass is 10.0. The van der Waals surface area contributed by atoms with Crippen LogP contribution in [0.25, 0.3) is 0 Å². The zero-order valence-corrected chi connectivity index (χ0v) is 15.3. The number of hydrogen-bond donors (Lipinski definition) is 1. The van der Waals surface area contributed by atoms with E-state index in [1.807, 2.05) is 54.6 Å². The van der Waals surface area contributed by atoms with Crippen LogP contribution in [0.4, 0.5) is 5.69 Å². The molecule has 0 bridgehead atoms. The summed E-state index contributed by atoms with van der Waals surface area (Å²) in [5.74, 6) is -0.252. The Bertz CT molecular complexity index is 837. The maximum Gasteiger partial charge on any atom is 0.270 e. The molecule has 25 heavy (non-hydrogen) atoms. The summed E-state index contributed by atoms with van der Waals surface area (Å²) in [5, 5.41) is 12.5. The zero-order valence-electron chi connectivity index (χ0n) is 13.7. The number of nitrogens with one attached hydrogen (secondary N) is 1. The van der Waals surface area contributed by atoms with Crippen molar-refractivity contribution in [1.82, 2.24) is 5.32 Å². The molecule has 0 fully saturated rings. The molecular weight excluding hydrogens is 378 g/mol. The molecule has 2 aromatic rings. The molecule has 3 rings (SSSR count). The van der Waals surface area contributed by atoms with Crippen molar-refractivity contribution >= 4 is 27.5 Å². The average Bonchev–Trinajstić information content (AvgIpc) is 2.66. The third-order valence-corrected chi connectivity index (χ3v) is 4.70. The molecule has 1 N–H and O–H groups in total. The maximum absolute atomic E-state index is 12.8. The number of carbonyl (C=O) groups excluding carboxylic acids is 1. The van der Waals surface area contributed by atoms with Gasteiger partial charge in [-0.25, -0.2) is 0 Å². The van der Waals surface area contributed by atoms with Gasteiger partial charge in [0.2, 0.25) is 0 Å². The summed E-state index contributed by atoms with van der Waals surface area (Å²) in [7, 11) is 0. The van der Waals surface area contributed by atoms with E-state index in [4.69, 9.17) is 0 Å². The van der Waals surface area contributed by atoms with Crippen molar-refractivity contribution < 1.29 is 4.79 Å². The minimum atomic E-state index is -0.252. The summed E-state index contributed by atoms with van der Waals surface area (Å²) in [6.45, 7) is 1.20. The first-order valence-electron chi connectivity index (χ1n) is 8.17. The lowest BCUT2D eigenvalue weighted by Crippen LogP contribution is -2.36.